The zero-order valence-electron chi connectivity index (χ0n) is 20.2. The van der Waals surface area contributed by atoms with Crippen LogP contribution in [0.2, 0.25) is 0 Å². The van der Waals surface area contributed by atoms with E-state index in [-0.39, 0.29) is 23.5 Å². The Balaban J connectivity index is 1.35. The number of piperidine rings is 1. The number of aldehydes is 1. The molecule has 8 nitrogen and oxygen atoms in total. The van der Waals surface area contributed by atoms with Crippen LogP contribution in [0.5, 0.6) is 5.75 Å². The molecular weight excluding hydrogens is 496 g/mol. The molecule has 5 rings (SSSR count). The largest absolute Gasteiger partial charge is 0.491 e. The Hall–Kier alpha value is -3.08. The van der Waals surface area contributed by atoms with Gasteiger partial charge in [0.2, 0.25) is 10.0 Å². The second-order valence-corrected chi connectivity index (χ2v) is 12.0. The molecule has 1 fully saturated rings. The highest BCUT2D eigenvalue weighted by atomic mass is 32.2. The van der Waals surface area contributed by atoms with Crippen molar-refractivity contribution in [3.63, 3.8) is 0 Å². The Morgan fingerprint density at radius 2 is 1.89 bits per heavy atom. The number of sulfonamides is 1. The maximum Gasteiger partial charge on any atom is 0.243 e. The van der Waals surface area contributed by atoms with E-state index in [9.17, 15) is 13.2 Å². The number of fused-ring (bicyclic) bond motifs is 1. The minimum Gasteiger partial charge on any atom is -0.491 e. The van der Waals surface area contributed by atoms with Crippen LogP contribution in [0.15, 0.2) is 59.1 Å². The molecule has 1 aliphatic rings. The first-order valence-corrected chi connectivity index (χ1v) is 14.3. The Kier molecular flexibility index (Phi) is 6.92. The average Bonchev–Trinajstić information content (AvgIpc) is 3.53. The van der Waals surface area contributed by atoms with E-state index in [0.29, 0.717) is 31.7 Å². The summed E-state index contributed by atoms with van der Waals surface area (Å²) >= 11 is 1.47. The zero-order chi connectivity index (χ0) is 25.3. The molecule has 0 N–H and O–H groups in total. The fourth-order valence-electron chi connectivity index (χ4n) is 4.83. The smallest absolute Gasteiger partial charge is 0.243 e. The average molecular weight is 525 g/mol. The molecule has 0 aliphatic carbocycles. The minimum absolute atomic E-state index is 0.0277. The summed E-state index contributed by atoms with van der Waals surface area (Å²) in [6.07, 6.45) is 4.40. The van der Waals surface area contributed by atoms with Crippen LogP contribution < -0.4 is 4.74 Å². The SMILES string of the molecule is CC(C)Oc1ccc(S(=O)(=O)N2CCC(c3cn(CC=O)c4cc(-c5nncs5)ccc34)CC2)cc1. The van der Waals surface area contributed by atoms with Crippen LogP contribution in [-0.4, -0.2) is 53.0 Å². The lowest BCUT2D eigenvalue weighted by molar-refractivity contribution is -0.108. The highest BCUT2D eigenvalue weighted by Crippen LogP contribution is 2.37. The van der Waals surface area contributed by atoms with Crippen molar-refractivity contribution in [1.82, 2.24) is 19.1 Å². The molecule has 2 aromatic heterocycles. The molecule has 188 valence electrons. The molecule has 3 heterocycles. The normalized spacial score (nSPS) is 15.5. The summed E-state index contributed by atoms with van der Waals surface area (Å²) in [6, 6.07) is 12.8. The van der Waals surface area contributed by atoms with Gasteiger partial charge >= 0.3 is 0 Å². The Morgan fingerprint density at radius 3 is 2.53 bits per heavy atom. The summed E-state index contributed by atoms with van der Waals surface area (Å²) in [5.74, 6) is 0.865. The number of rotatable bonds is 8. The van der Waals surface area contributed by atoms with Gasteiger partial charge in [0.25, 0.3) is 0 Å². The number of ether oxygens (including phenoxy) is 1. The maximum absolute atomic E-state index is 13.2. The number of carbonyl (C=O) groups excluding carboxylic acids is 1. The van der Waals surface area contributed by atoms with Gasteiger partial charge in [-0.25, -0.2) is 8.42 Å². The van der Waals surface area contributed by atoms with Gasteiger partial charge in [0, 0.05) is 35.8 Å². The van der Waals surface area contributed by atoms with Gasteiger partial charge < -0.3 is 14.1 Å². The lowest BCUT2D eigenvalue weighted by Crippen LogP contribution is -2.37. The third-order valence-corrected chi connectivity index (χ3v) is 9.17. The van der Waals surface area contributed by atoms with Gasteiger partial charge in [-0.3, -0.25) is 0 Å². The summed E-state index contributed by atoms with van der Waals surface area (Å²) in [4.78, 5) is 11.6. The van der Waals surface area contributed by atoms with Crippen LogP contribution >= 0.6 is 11.3 Å². The highest BCUT2D eigenvalue weighted by molar-refractivity contribution is 7.89. The van der Waals surface area contributed by atoms with Crippen LogP contribution in [0, 0.1) is 0 Å². The van der Waals surface area contributed by atoms with Crippen LogP contribution in [-0.2, 0) is 21.4 Å². The molecular formula is C26H28N4O4S2. The van der Waals surface area contributed by atoms with Crippen LogP contribution in [0.1, 0.15) is 38.2 Å². The Morgan fingerprint density at radius 1 is 1.14 bits per heavy atom. The second kappa shape index (κ2) is 10.1. The van der Waals surface area contributed by atoms with Crippen molar-refractivity contribution in [2.24, 2.45) is 0 Å². The third kappa shape index (κ3) is 4.80. The van der Waals surface area contributed by atoms with Crippen LogP contribution in [0.3, 0.4) is 0 Å². The zero-order valence-corrected chi connectivity index (χ0v) is 21.8. The number of nitrogens with zero attached hydrogens (tertiary/aromatic N) is 4. The first kappa shape index (κ1) is 24.6. The van der Waals surface area contributed by atoms with Gasteiger partial charge in [-0.2, -0.15) is 4.31 Å². The van der Waals surface area contributed by atoms with E-state index in [4.69, 9.17) is 4.74 Å². The molecule has 0 unspecified atom stereocenters. The van der Waals surface area contributed by atoms with E-state index in [1.807, 2.05) is 30.7 Å². The van der Waals surface area contributed by atoms with Crippen LogP contribution in [0.25, 0.3) is 21.5 Å². The van der Waals surface area contributed by atoms with Crippen molar-refractivity contribution in [1.29, 1.82) is 0 Å². The molecule has 0 bridgehead atoms. The van der Waals surface area contributed by atoms with E-state index in [0.717, 1.165) is 33.3 Å². The maximum atomic E-state index is 13.2. The number of aromatic nitrogens is 3. The predicted octanol–water partition coefficient (Wildman–Crippen LogP) is 4.71. The van der Waals surface area contributed by atoms with Crippen molar-refractivity contribution in [3.05, 3.63) is 59.7 Å². The molecule has 0 spiro atoms. The van der Waals surface area contributed by atoms with Gasteiger partial charge in [0.15, 0.2) is 0 Å². The van der Waals surface area contributed by atoms with Crippen molar-refractivity contribution in [2.45, 2.75) is 50.2 Å². The van der Waals surface area contributed by atoms with Crippen molar-refractivity contribution in [3.8, 4) is 16.3 Å². The van der Waals surface area contributed by atoms with E-state index >= 15 is 0 Å². The molecule has 0 radical (unpaired) electrons. The summed E-state index contributed by atoms with van der Waals surface area (Å²) < 4.78 is 35.7. The molecule has 1 saturated heterocycles. The van der Waals surface area contributed by atoms with Gasteiger partial charge in [-0.15, -0.1) is 10.2 Å². The van der Waals surface area contributed by atoms with Crippen molar-refractivity contribution >= 4 is 38.5 Å². The monoisotopic (exact) mass is 524 g/mol. The summed E-state index contributed by atoms with van der Waals surface area (Å²) in [5, 5.41) is 10.0. The van der Waals surface area contributed by atoms with Gasteiger partial charge in [0.1, 0.15) is 22.6 Å². The molecule has 0 amide bonds. The van der Waals surface area contributed by atoms with E-state index in [2.05, 4.69) is 22.3 Å². The first-order chi connectivity index (χ1) is 17.4. The summed E-state index contributed by atoms with van der Waals surface area (Å²) in [6.45, 7) is 5.02. The quantitative estimate of drug-likeness (QED) is 0.310. The fraction of sp³-hybridized carbons (Fsp3) is 0.346. The molecule has 36 heavy (non-hydrogen) atoms. The molecule has 0 atom stereocenters. The van der Waals surface area contributed by atoms with Gasteiger partial charge in [-0.05, 0) is 68.5 Å². The highest BCUT2D eigenvalue weighted by Gasteiger charge is 2.31. The number of benzene rings is 2. The standard InChI is InChI=1S/C26H28N4O4S2/c1-18(2)34-21-4-6-22(7-5-21)36(32,33)30-11-9-19(10-12-30)24-16-29(13-14-31)25-15-20(3-8-23(24)25)26-28-27-17-35-26/h3-8,14-19H,9-13H2,1-2H3. The third-order valence-electron chi connectivity index (χ3n) is 6.52. The van der Waals surface area contributed by atoms with Gasteiger partial charge in [-0.1, -0.05) is 23.5 Å². The number of hydrogen-bond acceptors (Lipinski definition) is 7. The molecule has 0 saturated carbocycles. The summed E-state index contributed by atoms with van der Waals surface area (Å²) in [5.41, 5.74) is 4.80. The lowest BCUT2D eigenvalue weighted by Gasteiger charge is -2.31. The Bertz CT molecular complexity index is 1450. The second-order valence-electron chi connectivity index (χ2n) is 9.20. The number of hydrogen-bond donors (Lipinski definition) is 0. The van der Waals surface area contributed by atoms with Crippen molar-refractivity contribution in [2.75, 3.05) is 13.1 Å². The van der Waals surface area contributed by atoms with Gasteiger partial charge in [0.05, 0.1) is 17.5 Å². The summed E-state index contributed by atoms with van der Waals surface area (Å²) in [7, 11) is -3.57. The minimum atomic E-state index is -3.57. The van der Waals surface area contributed by atoms with E-state index < -0.39 is 10.0 Å². The lowest BCUT2D eigenvalue weighted by atomic mass is 9.90. The molecule has 1 aliphatic heterocycles. The molecule has 10 heteroatoms. The fourth-order valence-corrected chi connectivity index (χ4v) is 6.85. The predicted molar refractivity (Wildman–Crippen MR) is 140 cm³/mol. The Labute approximate surface area is 214 Å². The van der Waals surface area contributed by atoms with E-state index in [1.165, 1.54) is 11.3 Å². The molecule has 2 aromatic carbocycles. The first-order valence-electron chi connectivity index (χ1n) is 12.0. The van der Waals surface area contributed by atoms with E-state index in [1.54, 1.807) is 34.1 Å². The van der Waals surface area contributed by atoms with Crippen LogP contribution in [0.4, 0.5) is 0 Å². The van der Waals surface area contributed by atoms with Crippen molar-refractivity contribution < 1.29 is 17.9 Å². The molecule has 4 aromatic rings. The number of carbonyl (C=O) groups is 1. The topological polar surface area (TPSA) is 94.4 Å².